The lowest BCUT2D eigenvalue weighted by molar-refractivity contribution is -0.120. The number of carbonyl (C=O) groups is 2. The number of carbonyl (C=O) groups excluding carboxylic acids is 2. The van der Waals surface area contributed by atoms with Crippen molar-refractivity contribution in [3.8, 4) is 0 Å². The molecular weight excluding hydrogens is 254 g/mol. The van der Waals surface area contributed by atoms with Crippen molar-refractivity contribution in [1.82, 2.24) is 10.2 Å². The molecule has 3 amide bonds. The molecule has 5 nitrogen and oxygen atoms in total. The van der Waals surface area contributed by atoms with Crippen molar-refractivity contribution >= 4 is 17.6 Å². The van der Waals surface area contributed by atoms with E-state index in [2.05, 4.69) is 10.6 Å². The Balaban J connectivity index is 1.82. The highest BCUT2D eigenvalue weighted by Gasteiger charge is 2.51. The van der Waals surface area contributed by atoms with Gasteiger partial charge in [-0.2, -0.15) is 0 Å². The number of hydrogen-bond donors (Lipinski definition) is 2. The van der Waals surface area contributed by atoms with Crippen LogP contribution in [0.4, 0.5) is 10.5 Å². The zero-order chi connectivity index (χ0) is 14.2. The Labute approximate surface area is 118 Å². The summed E-state index contributed by atoms with van der Waals surface area (Å²) >= 11 is 0. The Morgan fingerprint density at radius 2 is 2.25 bits per heavy atom. The fourth-order valence-electron chi connectivity index (χ4n) is 3.11. The van der Waals surface area contributed by atoms with Crippen LogP contribution >= 0.6 is 0 Å². The molecule has 2 aliphatic heterocycles. The molecule has 0 bridgehead atoms. The van der Waals surface area contributed by atoms with Crippen molar-refractivity contribution < 1.29 is 9.59 Å². The van der Waals surface area contributed by atoms with Gasteiger partial charge in [0.2, 0.25) is 5.91 Å². The summed E-state index contributed by atoms with van der Waals surface area (Å²) in [6.45, 7) is 3.78. The quantitative estimate of drug-likeness (QED) is 0.861. The van der Waals surface area contributed by atoms with Gasteiger partial charge in [-0.25, -0.2) is 4.79 Å². The summed E-state index contributed by atoms with van der Waals surface area (Å²) in [6, 6.07) is 7.70. The molecule has 0 saturated carbocycles. The molecule has 0 aromatic heterocycles. The third-order valence-electron chi connectivity index (χ3n) is 4.21. The largest absolute Gasteiger partial charge is 0.338 e. The van der Waals surface area contributed by atoms with Gasteiger partial charge in [-0.15, -0.1) is 0 Å². The molecular formula is C15H19N3O2. The van der Waals surface area contributed by atoms with Gasteiger partial charge < -0.3 is 15.5 Å². The number of benzene rings is 1. The topological polar surface area (TPSA) is 61.4 Å². The first-order chi connectivity index (χ1) is 9.67. The summed E-state index contributed by atoms with van der Waals surface area (Å²) in [7, 11) is 0. The Morgan fingerprint density at radius 3 is 3.05 bits per heavy atom. The van der Waals surface area contributed by atoms with Gasteiger partial charge in [0.25, 0.3) is 0 Å². The third-order valence-corrected chi connectivity index (χ3v) is 4.21. The van der Waals surface area contributed by atoms with Crippen molar-refractivity contribution in [2.24, 2.45) is 0 Å². The number of anilines is 1. The first-order valence-corrected chi connectivity index (χ1v) is 7.11. The van der Waals surface area contributed by atoms with E-state index in [4.69, 9.17) is 0 Å². The SMILES string of the molecule is CCCNC(=O)N1CC[C@]2(C1)C(=O)Nc1ccccc12. The fraction of sp³-hybridized carbons (Fsp3) is 0.467. The van der Waals surface area contributed by atoms with E-state index in [1.54, 1.807) is 4.90 Å². The monoisotopic (exact) mass is 273 g/mol. The van der Waals surface area contributed by atoms with Gasteiger partial charge in [-0.1, -0.05) is 25.1 Å². The van der Waals surface area contributed by atoms with Crippen LogP contribution in [0, 0.1) is 0 Å². The minimum atomic E-state index is -0.555. The van der Waals surface area contributed by atoms with E-state index < -0.39 is 5.41 Å². The highest BCUT2D eigenvalue weighted by molar-refractivity contribution is 6.07. The van der Waals surface area contributed by atoms with Gasteiger partial charge in [0.1, 0.15) is 0 Å². The Kier molecular flexibility index (Phi) is 3.12. The smallest absolute Gasteiger partial charge is 0.317 e. The number of nitrogens with zero attached hydrogens (tertiary/aromatic N) is 1. The maximum Gasteiger partial charge on any atom is 0.317 e. The second-order valence-electron chi connectivity index (χ2n) is 5.49. The van der Waals surface area contributed by atoms with Crippen LogP contribution in [0.15, 0.2) is 24.3 Å². The van der Waals surface area contributed by atoms with Crippen LogP contribution in [0.2, 0.25) is 0 Å². The van der Waals surface area contributed by atoms with E-state index in [-0.39, 0.29) is 11.9 Å². The van der Waals surface area contributed by atoms with Crippen LogP contribution in [0.3, 0.4) is 0 Å². The number of hydrogen-bond acceptors (Lipinski definition) is 2. The minimum Gasteiger partial charge on any atom is -0.338 e. The van der Waals surface area contributed by atoms with Crippen LogP contribution in [-0.2, 0) is 10.2 Å². The number of nitrogens with one attached hydrogen (secondary N) is 2. The maximum absolute atomic E-state index is 12.4. The molecule has 1 aromatic carbocycles. The van der Waals surface area contributed by atoms with Crippen LogP contribution < -0.4 is 10.6 Å². The van der Waals surface area contributed by atoms with Gasteiger partial charge in [-0.05, 0) is 24.5 Å². The molecule has 1 fully saturated rings. The van der Waals surface area contributed by atoms with E-state index >= 15 is 0 Å². The summed E-state index contributed by atoms with van der Waals surface area (Å²) < 4.78 is 0. The molecule has 1 atom stereocenters. The standard InChI is InChI=1S/C15H19N3O2/c1-2-8-16-14(20)18-9-7-15(10-18)11-5-3-4-6-12(11)17-13(15)19/h3-6H,2,7-10H2,1H3,(H,16,20)(H,17,19)/t15-/m1/s1. The minimum absolute atomic E-state index is 0.0180. The third kappa shape index (κ3) is 1.85. The van der Waals surface area contributed by atoms with Crippen LogP contribution in [0.5, 0.6) is 0 Å². The lowest BCUT2D eigenvalue weighted by atomic mass is 9.81. The molecule has 1 aromatic rings. The summed E-state index contributed by atoms with van der Waals surface area (Å²) in [5, 5.41) is 5.81. The van der Waals surface area contributed by atoms with E-state index in [9.17, 15) is 9.59 Å². The molecule has 1 saturated heterocycles. The number of amides is 3. The van der Waals surface area contributed by atoms with E-state index in [1.807, 2.05) is 31.2 Å². The molecule has 106 valence electrons. The number of para-hydroxylation sites is 1. The zero-order valence-electron chi connectivity index (χ0n) is 11.6. The lowest BCUT2D eigenvalue weighted by Crippen LogP contribution is -2.43. The highest BCUT2D eigenvalue weighted by Crippen LogP contribution is 2.43. The van der Waals surface area contributed by atoms with Crippen molar-refractivity contribution in [2.75, 3.05) is 25.0 Å². The lowest BCUT2D eigenvalue weighted by Gasteiger charge is -2.22. The number of rotatable bonds is 2. The summed E-state index contributed by atoms with van der Waals surface area (Å²) in [5.74, 6) is 0.0180. The van der Waals surface area contributed by atoms with Gasteiger partial charge in [0.15, 0.2) is 0 Å². The number of fused-ring (bicyclic) bond motifs is 2. The first kappa shape index (κ1) is 13.0. The molecule has 3 rings (SSSR count). The summed E-state index contributed by atoms with van der Waals surface area (Å²) in [4.78, 5) is 26.2. The molecule has 1 spiro atoms. The van der Waals surface area contributed by atoms with Crippen molar-refractivity contribution in [3.63, 3.8) is 0 Å². The van der Waals surface area contributed by atoms with E-state index in [0.717, 1.165) is 17.7 Å². The van der Waals surface area contributed by atoms with E-state index in [1.165, 1.54) is 0 Å². The Hall–Kier alpha value is -2.04. The van der Waals surface area contributed by atoms with Gasteiger partial charge in [-0.3, -0.25) is 4.79 Å². The molecule has 5 heteroatoms. The summed E-state index contributed by atoms with van der Waals surface area (Å²) in [5.41, 5.74) is 1.35. The van der Waals surface area contributed by atoms with Crippen molar-refractivity contribution in [2.45, 2.75) is 25.2 Å². The van der Waals surface area contributed by atoms with Crippen molar-refractivity contribution in [1.29, 1.82) is 0 Å². The van der Waals surface area contributed by atoms with Gasteiger partial charge in [0.05, 0.1) is 5.41 Å². The van der Waals surface area contributed by atoms with Gasteiger partial charge >= 0.3 is 6.03 Å². The van der Waals surface area contributed by atoms with Crippen LogP contribution in [0.25, 0.3) is 0 Å². The zero-order valence-corrected chi connectivity index (χ0v) is 11.6. The maximum atomic E-state index is 12.4. The van der Waals surface area contributed by atoms with Crippen LogP contribution in [0.1, 0.15) is 25.3 Å². The number of likely N-dealkylation sites (tertiary alicyclic amines) is 1. The van der Waals surface area contributed by atoms with Crippen LogP contribution in [-0.4, -0.2) is 36.5 Å². The molecule has 2 N–H and O–H groups in total. The average molecular weight is 273 g/mol. The number of urea groups is 1. The van der Waals surface area contributed by atoms with E-state index in [0.29, 0.717) is 26.1 Å². The molecule has 0 unspecified atom stereocenters. The molecule has 2 aliphatic rings. The van der Waals surface area contributed by atoms with Gasteiger partial charge in [0, 0.05) is 25.3 Å². The molecule has 20 heavy (non-hydrogen) atoms. The molecule has 0 radical (unpaired) electrons. The summed E-state index contributed by atoms with van der Waals surface area (Å²) in [6.07, 6.45) is 1.60. The second-order valence-corrected chi connectivity index (χ2v) is 5.49. The second kappa shape index (κ2) is 4.81. The Bertz CT molecular complexity index is 558. The normalized spacial score (nSPS) is 23.9. The average Bonchev–Trinajstić information content (AvgIpc) is 3.02. The van der Waals surface area contributed by atoms with Crippen molar-refractivity contribution in [3.05, 3.63) is 29.8 Å². The molecule has 2 heterocycles. The predicted octanol–water partition coefficient (Wildman–Crippen LogP) is 1.70. The predicted molar refractivity (Wildman–Crippen MR) is 76.6 cm³/mol. The fourth-order valence-corrected chi connectivity index (χ4v) is 3.11. The Morgan fingerprint density at radius 1 is 1.45 bits per heavy atom. The first-order valence-electron chi connectivity index (χ1n) is 7.11. The highest BCUT2D eigenvalue weighted by atomic mass is 16.2. The molecule has 0 aliphatic carbocycles.